The quantitative estimate of drug-likeness (QED) is 0.714. The van der Waals surface area contributed by atoms with Crippen LogP contribution >= 0.6 is 0 Å². The summed E-state index contributed by atoms with van der Waals surface area (Å²) in [5, 5.41) is 0. The third-order valence-electron chi connectivity index (χ3n) is 1.59. The van der Waals surface area contributed by atoms with Crippen molar-refractivity contribution in [2.24, 2.45) is 0 Å². The summed E-state index contributed by atoms with van der Waals surface area (Å²) in [5.74, 6) is 1.15. The molecule has 0 spiro atoms. The molecule has 0 aliphatic carbocycles. The van der Waals surface area contributed by atoms with E-state index in [1.807, 2.05) is 19.9 Å². The molecule has 0 saturated carbocycles. The topological polar surface area (TPSA) is 42.3 Å². The van der Waals surface area contributed by atoms with Crippen molar-refractivity contribution >= 4 is 5.69 Å². The van der Waals surface area contributed by atoms with Gasteiger partial charge in [0.15, 0.2) is 0 Å². The van der Waals surface area contributed by atoms with Crippen LogP contribution in [0.4, 0.5) is 5.69 Å². The first-order chi connectivity index (χ1) is 6.29. The van der Waals surface area contributed by atoms with Gasteiger partial charge in [-0.2, -0.15) is 0 Å². The van der Waals surface area contributed by atoms with Crippen LogP contribution in [0.3, 0.4) is 0 Å². The molecule has 0 bridgehead atoms. The average Bonchev–Trinajstić information content (AvgIpc) is 2.13. The molecule has 3 heteroatoms. The Morgan fingerprint density at radius 1 is 1.08 bits per heavy atom. The molecule has 3 nitrogen and oxygen atoms in total. The zero-order chi connectivity index (χ0) is 9.68. The zero-order valence-electron chi connectivity index (χ0n) is 7.96. The molecule has 0 heterocycles. The lowest BCUT2D eigenvalue weighted by atomic mass is 10.3. The summed E-state index contributed by atoms with van der Waals surface area (Å²) in [6, 6.07) is 5.37. The second-order valence-electron chi connectivity index (χ2n) is 2.50. The minimum Gasteiger partial charge on any atom is -0.491 e. The Kier molecular flexibility index (Phi) is 3.43. The van der Waals surface area contributed by atoms with Gasteiger partial charge in [0.05, 0.1) is 13.2 Å². The summed E-state index contributed by atoms with van der Waals surface area (Å²) in [6.45, 7) is 4.93. The summed E-state index contributed by atoms with van der Waals surface area (Å²) >= 11 is 0. The Labute approximate surface area is 78.5 Å². The molecule has 0 aliphatic rings. The highest BCUT2D eigenvalue weighted by Crippen LogP contribution is 2.32. The standard InChI is InChI=1S/C10H14NO2/c1-3-12-8-6-5-7-9(10(8)11)13-4-2/h5-7,11H,3-4H2,1-2H3. The Morgan fingerprint density at radius 3 is 1.92 bits per heavy atom. The first-order valence-corrected chi connectivity index (χ1v) is 4.39. The Bertz CT molecular complexity index is 249. The molecule has 71 valence electrons. The molecule has 0 saturated heterocycles. The molecule has 13 heavy (non-hydrogen) atoms. The minimum atomic E-state index is 0.325. The Hall–Kier alpha value is -1.38. The van der Waals surface area contributed by atoms with Crippen LogP contribution in [-0.4, -0.2) is 13.2 Å². The van der Waals surface area contributed by atoms with Crippen LogP contribution in [-0.2, 0) is 0 Å². The van der Waals surface area contributed by atoms with E-state index in [4.69, 9.17) is 15.2 Å². The van der Waals surface area contributed by atoms with Crippen LogP contribution in [0, 0.1) is 0 Å². The summed E-state index contributed by atoms with van der Waals surface area (Å²) in [7, 11) is 0. The lowest BCUT2D eigenvalue weighted by Crippen LogP contribution is -1.96. The Balaban J connectivity index is 2.89. The number of hydrogen-bond acceptors (Lipinski definition) is 2. The zero-order valence-corrected chi connectivity index (χ0v) is 7.96. The van der Waals surface area contributed by atoms with E-state index in [-0.39, 0.29) is 0 Å². The van der Waals surface area contributed by atoms with E-state index in [0.29, 0.717) is 30.4 Å². The van der Waals surface area contributed by atoms with Gasteiger partial charge in [-0.3, -0.25) is 5.73 Å². The second-order valence-corrected chi connectivity index (χ2v) is 2.50. The van der Waals surface area contributed by atoms with Crippen molar-refractivity contribution in [3.63, 3.8) is 0 Å². The third kappa shape index (κ3) is 2.28. The maximum atomic E-state index is 7.70. The van der Waals surface area contributed by atoms with Gasteiger partial charge in [-0.15, -0.1) is 0 Å². The van der Waals surface area contributed by atoms with Crippen LogP contribution in [0.25, 0.3) is 0 Å². The highest BCUT2D eigenvalue weighted by molar-refractivity contribution is 5.59. The predicted octanol–water partition coefficient (Wildman–Crippen LogP) is 2.40. The van der Waals surface area contributed by atoms with Gasteiger partial charge in [-0.05, 0) is 26.0 Å². The fourth-order valence-corrected chi connectivity index (χ4v) is 1.06. The van der Waals surface area contributed by atoms with Crippen molar-refractivity contribution in [1.82, 2.24) is 5.73 Å². The molecular weight excluding hydrogens is 166 g/mol. The number of nitrogens with one attached hydrogen (secondary N) is 1. The van der Waals surface area contributed by atoms with Crippen LogP contribution in [0.5, 0.6) is 11.5 Å². The lowest BCUT2D eigenvalue weighted by Gasteiger charge is -2.10. The molecule has 0 unspecified atom stereocenters. The van der Waals surface area contributed by atoms with Gasteiger partial charge in [0.1, 0.15) is 17.2 Å². The molecule has 1 aromatic carbocycles. The van der Waals surface area contributed by atoms with Gasteiger partial charge in [0.2, 0.25) is 0 Å². The maximum absolute atomic E-state index is 7.70. The van der Waals surface area contributed by atoms with Gasteiger partial charge in [-0.1, -0.05) is 6.07 Å². The third-order valence-corrected chi connectivity index (χ3v) is 1.59. The van der Waals surface area contributed by atoms with Gasteiger partial charge in [-0.25, -0.2) is 0 Å². The van der Waals surface area contributed by atoms with Crippen molar-refractivity contribution in [1.29, 1.82) is 0 Å². The minimum absolute atomic E-state index is 0.325. The van der Waals surface area contributed by atoms with E-state index in [9.17, 15) is 0 Å². The van der Waals surface area contributed by atoms with Crippen LogP contribution in [0.15, 0.2) is 18.2 Å². The lowest BCUT2D eigenvalue weighted by molar-refractivity contribution is 0.325. The number of hydrogen-bond donors (Lipinski definition) is 0. The Morgan fingerprint density at radius 2 is 1.54 bits per heavy atom. The molecule has 1 aromatic rings. The number of rotatable bonds is 4. The highest BCUT2D eigenvalue weighted by atomic mass is 16.5. The SMILES string of the molecule is CCOc1cccc(OCC)c1[NH]. The second kappa shape index (κ2) is 4.60. The van der Waals surface area contributed by atoms with Crippen molar-refractivity contribution in [3.8, 4) is 11.5 Å². The van der Waals surface area contributed by atoms with Crippen molar-refractivity contribution < 1.29 is 9.47 Å². The predicted molar refractivity (Wildman–Crippen MR) is 51.5 cm³/mol. The molecular formula is C10H14NO2. The van der Waals surface area contributed by atoms with Gasteiger partial charge < -0.3 is 9.47 Å². The summed E-state index contributed by atoms with van der Waals surface area (Å²) in [5.41, 5.74) is 8.03. The summed E-state index contributed by atoms with van der Waals surface area (Å²) in [4.78, 5) is 0. The van der Waals surface area contributed by atoms with Gasteiger partial charge in [0.25, 0.3) is 0 Å². The highest BCUT2D eigenvalue weighted by Gasteiger charge is 2.06. The summed E-state index contributed by atoms with van der Waals surface area (Å²) in [6.07, 6.45) is 0. The van der Waals surface area contributed by atoms with E-state index in [1.165, 1.54) is 0 Å². The molecule has 0 atom stereocenters. The average molecular weight is 180 g/mol. The van der Waals surface area contributed by atoms with Crippen molar-refractivity contribution in [2.45, 2.75) is 13.8 Å². The molecule has 0 aliphatic heterocycles. The summed E-state index contributed by atoms with van der Waals surface area (Å²) < 4.78 is 10.5. The fraction of sp³-hybridized carbons (Fsp3) is 0.400. The van der Waals surface area contributed by atoms with E-state index < -0.39 is 0 Å². The fourth-order valence-electron chi connectivity index (χ4n) is 1.06. The molecule has 1 radical (unpaired) electrons. The maximum Gasteiger partial charge on any atom is 0.147 e. The van der Waals surface area contributed by atoms with Gasteiger partial charge in [0, 0.05) is 0 Å². The normalized spacial score (nSPS) is 9.69. The smallest absolute Gasteiger partial charge is 0.147 e. The largest absolute Gasteiger partial charge is 0.491 e. The number of benzene rings is 1. The van der Waals surface area contributed by atoms with Crippen LogP contribution < -0.4 is 15.2 Å². The molecule has 0 fully saturated rings. The van der Waals surface area contributed by atoms with Crippen molar-refractivity contribution in [2.75, 3.05) is 13.2 Å². The molecule has 1 rings (SSSR count). The van der Waals surface area contributed by atoms with Crippen LogP contribution in [0.2, 0.25) is 0 Å². The van der Waals surface area contributed by atoms with Crippen LogP contribution in [0.1, 0.15) is 13.8 Å². The molecule has 0 aromatic heterocycles. The van der Waals surface area contributed by atoms with Crippen molar-refractivity contribution in [3.05, 3.63) is 18.2 Å². The molecule has 0 amide bonds. The van der Waals surface area contributed by atoms with E-state index >= 15 is 0 Å². The van der Waals surface area contributed by atoms with E-state index in [2.05, 4.69) is 0 Å². The molecule has 1 N–H and O–H groups in total. The monoisotopic (exact) mass is 180 g/mol. The van der Waals surface area contributed by atoms with Gasteiger partial charge >= 0.3 is 0 Å². The number of ether oxygens (including phenoxy) is 2. The first kappa shape index (κ1) is 9.71. The first-order valence-electron chi connectivity index (χ1n) is 4.39. The van der Waals surface area contributed by atoms with E-state index in [0.717, 1.165) is 0 Å². The van der Waals surface area contributed by atoms with E-state index in [1.54, 1.807) is 12.1 Å².